The van der Waals surface area contributed by atoms with Crippen LogP contribution in [0.15, 0.2) is 11.8 Å². The van der Waals surface area contributed by atoms with Gasteiger partial charge in [-0.15, -0.1) is 0 Å². The molecule has 0 aromatic rings. The number of hydrogen-bond donors (Lipinski definition) is 5. The van der Waals surface area contributed by atoms with Gasteiger partial charge in [0.1, 0.15) is 0 Å². The lowest BCUT2D eigenvalue weighted by Crippen LogP contribution is -2.64. The largest absolute Gasteiger partial charge is 0.481 e. The molecular weight excluding hydrogens is 412 g/mol. The van der Waals surface area contributed by atoms with Crippen LogP contribution in [0, 0.1) is 0 Å². The Bertz CT molecular complexity index is 661. The van der Waals surface area contributed by atoms with Crippen LogP contribution in [0.25, 0.3) is 0 Å². The lowest BCUT2D eigenvalue weighted by molar-refractivity contribution is -0.248. The fourth-order valence-electron chi connectivity index (χ4n) is 5.14. The standard InChI is InChI=1S/C23H44N4O5/c1-21(2)16-18(11-13-26(21)31)25(12-9-7-8-10-19(28)29)20(30)24-17-14-22(3,4)27(32)23(5,6)15-17/h16-17,20,24,30-32H,7-15H2,1-6H3,(H,28,29). The summed E-state index contributed by atoms with van der Waals surface area (Å²) < 4.78 is 0. The highest BCUT2D eigenvalue weighted by atomic mass is 16.5. The van der Waals surface area contributed by atoms with E-state index in [9.17, 15) is 20.3 Å². The maximum absolute atomic E-state index is 11.2. The smallest absolute Gasteiger partial charge is 0.303 e. The van der Waals surface area contributed by atoms with Gasteiger partial charge in [0, 0.05) is 48.7 Å². The van der Waals surface area contributed by atoms with Gasteiger partial charge in [-0.1, -0.05) is 6.42 Å². The molecule has 1 atom stereocenters. The van der Waals surface area contributed by atoms with Crippen molar-refractivity contribution in [3.8, 4) is 0 Å². The number of rotatable bonds is 10. The van der Waals surface area contributed by atoms with Crippen LogP contribution in [-0.4, -0.2) is 83.7 Å². The molecule has 0 amide bonds. The Morgan fingerprint density at radius 1 is 1.12 bits per heavy atom. The molecule has 0 radical (unpaired) electrons. The highest BCUT2D eigenvalue weighted by Gasteiger charge is 2.45. The average molecular weight is 457 g/mol. The molecular formula is C23H44N4O5. The zero-order valence-corrected chi connectivity index (χ0v) is 20.6. The number of aliphatic hydroxyl groups is 1. The molecule has 1 fully saturated rings. The summed E-state index contributed by atoms with van der Waals surface area (Å²) in [6, 6.07) is 0.0134. The molecule has 0 bridgehead atoms. The van der Waals surface area contributed by atoms with Gasteiger partial charge in [-0.05, 0) is 73.3 Å². The third-order valence-corrected chi connectivity index (χ3v) is 6.74. The van der Waals surface area contributed by atoms with Gasteiger partial charge in [-0.3, -0.25) is 10.1 Å². The Labute approximate surface area is 192 Å². The van der Waals surface area contributed by atoms with Gasteiger partial charge in [-0.2, -0.15) is 10.1 Å². The second kappa shape index (κ2) is 10.4. The molecule has 186 valence electrons. The monoisotopic (exact) mass is 456 g/mol. The molecule has 2 aliphatic heterocycles. The number of unbranched alkanes of at least 4 members (excludes halogenated alkanes) is 2. The van der Waals surface area contributed by atoms with Crippen molar-refractivity contribution in [3.05, 3.63) is 11.8 Å². The summed E-state index contributed by atoms with van der Waals surface area (Å²) in [6.45, 7) is 12.9. The van der Waals surface area contributed by atoms with E-state index in [-0.39, 0.29) is 12.5 Å². The first-order valence-electron chi connectivity index (χ1n) is 11.8. The highest BCUT2D eigenvalue weighted by molar-refractivity contribution is 5.66. The van der Waals surface area contributed by atoms with Gasteiger partial charge in [0.05, 0.1) is 5.54 Å². The number of nitrogens with one attached hydrogen (secondary N) is 1. The van der Waals surface area contributed by atoms with Crippen molar-refractivity contribution in [1.29, 1.82) is 0 Å². The highest BCUT2D eigenvalue weighted by Crippen LogP contribution is 2.37. The van der Waals surface area contributed by atoms with E-state index in [0.29, 0.717) is 38.8 Å². The van der Waals surface area contributed by atoms with Crippen LogP contribution < -0.4 is 5.32 Å². The van der Waals surface area contributed by atoms with E-state index in [1.807, 2.05) is 52.5 Å². The molecule has 2 heterocycles. The molecule has 2 aliphatic rings. The molecule has 0 aliphatic carbocycles. The van der Waals surface area contributed by atoms with Gasteiger partial charge in [0.2, 0.25) is 0 Å². The summed E-state index contributed by atoms with van der Waals surface area (Å²) in [5, 5.41) is 47.0. The first-order chi connectivity index (χ1) is 14.7. The fraction of sp³-hybridized carbons (Fsp3) is 0.870. The molecule has 0 spiro atoms. The predicted octanol–water partition coefficient (Wildman–Crippen LogP) is 2.97. The predicted molar refractivity (Wildman–Crippen MR) is 122 cm³/mol. The van der Waals surface area contributed by atoms with E-state index in [1.54, 1.807) is 0 Å². The molecule has 1 saturated heterocycles. The van der Waals surface area contributed by atoms with Gasteiger partial charge >= 0.3 is 5.97 Å². The normalized spacial score (nSPS) is 24.7. The minimum Gasteiger partial charge on any atom is -0.481 e. The van der Waals surface area contributed by atoms with E-state index in [2.05, 4.69) is 5.32 Å². The summed E-state index contributed by atoms with van der Waals surface area (Å²) in [4.78, 5) is 12.7. The quantitative estimate of drug-likeness (QED) is 0.250. The first-order valence-corrected chi connectivity index (χ1v) is 11.8. The third-order valence-electron chi connectivity index (χ3n) is 6.74. The van der Waals surface area contributed by atoms with Crippen molar-refractivity contribution in [3.63, 3.8) is 0 Å². The number of carboxylic acids is 1. The minimum atomic E-state index is -0.913. The first kappa shape index (κ1) is 27.0. The van der Waals surface area contributed by atoms with Crippen LogP contribution >= 0.6 is 0 Å². The number of piperidine rings is 1. The van der Waals surface area contributed by atoms with Crippen molar-refractivity contribution in [2.24, 2.45) is 0 Å². The average Bonchev–Trinajstić information content (AvgIpc) is 2.64. The van der Waals surface area contributed by atoms with Crippen LogP contribution in [0.2, 0.25) is 0 Å². The van der Waals surface area contributed by atoms with Crippen molar-refractivity contribution >= 4 is 5.97 Å². The molecule has 32 heavy (non-hydrogen) atoms. The fourth-order valence-corrected chi connectivity index (χ4v) is 5.14. The zero-order chi connectivity index (χ0) is 24.3. The molecule has 2 rings (SSSR count). The number of carbonyl (C=O) groups is 1. The lowest BCUT2D eigenvalue weighted by Gasteiger charge is -2.52. The number of hydroxylamine groups is 4. The minimum absolute atomic E-state index is 0.0134. The number of nitrogens with zero attached hydrogens (tertiary/aromatic N) is 3. The Hall–Kier alpha value is -1.23. The number of hydrogen-bond acceptors (Lipinski definition) is 8. The van der Waals surface area contributed by atoms with Crippen molar-refractivity contribution in [1.82, 2.24) is 20.3 Å². The van der Waals surface area contributed by atoms with Gasteiger partial charge in [0.25, 0.3) is 0 Å². The molecule has 0 aromatic carbocycles. The van der Waals surface area contributed by atoms with Crippen LogP contribution in [0.4, 0.5) is 0 Å². The second-order valence-electron chi connectivity index (χ2n) is 11.1. The summed E-state index contributed by atoms with van der Waals surface area (Å²) in [5.74, 6) is -0.788. The van der Waals surface area contributed by atoms with Crippen molar-refractivity contribution in [2.75, 3.05) is 13.1 Å². The summed E-state index contributed by atoms with van der Waals surface area (Å²) >= 11 is 0. The molecule has 1 unspecified atom stereocenters. The van der Waals surface area contributed by atoms with E-state index in [0.717, 1.165) is 18.5 Å². The SMILES string of the molecule is CC1(C)C=C(N(CCCCCC(=O)O)C(O)NC2CC(C)(C)N(O)C(C)(C)C2)CCN1O. The summed E-state index contributed by atoms with van der Waals surface area (Å²) in [5.41, 5.74) is -0.424. The Balaban J connectivity index is 2.13. The van der Waals surface area contributed by atoms with Crippen LogP contribution in [0.5, 0.6) is 0 Å². The number of aliphatic hydroxyl groups excluding tert-OH is 1. The lowest BCUT2D eigenvalue weighted by atomic mass is 9.79. The summed E-state index contributed by atoms with van der Waals surface area (Å²) in [6.07, 6.45) is 5.35. The summed E-state index contributed by atoms with van der Waals surface area (Å²) in [7, 11) is 0. The van der Waals surface area contributed by atoms with Crippen LogP contribution in [0.3, 0.4) is 0 Å². The third kappa shape index (κ3) is 6.88. The maximum Gasteiger partial charge on any atom is 0.303 e. The second-order valence-corrected chi connectivity index (χ2v) is 11.1. The van der Waals surface area contributed by atoms with Gasteiger partial charge in [0.15, 0.2) is 6.35 Å². The van der Waals surface area contributed by atoms with E-state index in [1.165, 1.54) is 10.1 Å². The Kier molecular flexibility index (Phi) is 8.75. The van der Waals surface area contributed by atoms with E-state index in [4.69, 9.17) is 5.11 Å². The molecule has 5 N–H and O–H groups in total. The van der Waals surface area contributed by atoms with Gasteiger partial charge < -0.3 is 25.5 Å². The van der Waals surface area contributed by atoms with E-state index < -0.39 is 28.9 Å². The Morgan fingerprint density at radius 2 is 1.72 bits per heavy atom. The van der Waals surface area contributed by atoms with Crippen molar-refractivity contribution < 1.29 is 25.4 Å². The molecule has 0 saturated carbocycles. The zero-order valence-electron chi connectivity index (χ0n) is 20.6. The van der Waals surface area contributed by atoms with E-state index >= 15 is 0 Å². The van der Waals surface area contributed by atoms with Crippen LogP contribution in [0.1, 0.15) is 86.5 Å². The molecule has 9 heteroatoms. The Morgan fingerprint density at radius 3 is 2.25 bits per heavy atom. The van der Waals surface area contributed by atoms with Crippen LogP contribution in [-0.2, 0) is 4.79 Å². The number of aliphatic carboxylic acids is 1. The molecule has 9 nitrogen and oxygen atoms in total. The topological polar surface area (TPSA) is 120 Å². The molecule has 0 aromatic heterocycles. The number of carboxylic acid groups (broad SMARTS) is 1. The maximum atomic E-state index is 11.2. The van der Waals surface area contributed by atoms with Crippen molar-refractivity contribution in [2.45, 2.75) is 115 Å². The van der Waals surface area contributed by atoms with Gasteiger partial charge in [-0.25, -0.2) is 0 Å².